The summed E-state index contributed by atoms with van der Waals surface area (Å²) >= 11 is 0. The van der Waals surface area contributed by atoms with E-state index < -0.39 is 0 Å². The van der Waals surface area contributed by atoms with Crippen LogP contribution in [0, 0.1) is 6.07 Å². The van der Waals surface area contributed by atoms with E-state index in [1.54, 1.807) is 19.2 Å². The van der Waals surface area contributed by atoms with Gasteiger partial charge in [0.15, 0.2) is 5.91 Å². The maximum atomic E-state index is 11.1. The number of rotatable bonds is 2. The number of hydrogen-bond acceptors (Lipinski definition) is 2. The minimum atomic E-state index is -0.118. The van der Waals surface area contributed by atoms with E-state index >= 15 is 0 Å². The molecule has 1 aromatic rings. The average molecular weight is 410 g/mol. The second-order valence-electron chi connectivity index (χ2n) is 2.32. The Bertz CT molecular complexity index is 289. The van der Waals surface area contributed by atoms with Crippen molar-refractivity contribution in [2.75, 3.05) is 19.4 Å². The molecule has 0 aliphatic rings. The molecule has 0 saturated heterocycles. The van der Waals surface area contributed by atoms with Crippen LogP contribution in [0.15, 0.2) is 18.2 Å². The Hall–Kier alpha value is -2.51. The molecule has 0 bridgehead atoms. The van der Waals surface area contributed by atoms with Gasteiger partial charge in [-0.05, 0) is 7.05 Å². The molecule has 0 radical (unpaired) electrons. The third-order valence-electron chi connectivity index (χ3n) is 1.56. The van der Waals surface area contributed by atoms with Gasteiger partial charge in [0.25, 0.3) is 0 Å². The maximum Gasteiger partial charge on any atom is 0.165 e. The topological polar surface area (TPSA) is 41.1 Å². The molecule has 0 saturated carbocycles. The van der Waals surface area contributed by atoms with Crippen LogP contribution in [0.1, 0.15) is 10.4 Å². The molecular formula is C9H11CmN2O-. The zero-order valence-electron chi connectivity index (χ0n) is 7.49. The smallest absolute Gasteiger partial charge is 0.165 e. The number of carbonyl (C=O) groups is 1. The number of nitrogens with one attached hydrogen (secondary N) is 2. The Kier molecular flexibility index (Phi) is 3.54. The molecule has 0 fully saturated rings. The summed E-state index contributed by atoms with van der Waals surface area (Å²) in [7, 11) is 3.41. The first kappa shape index (κ1) is 10.5. The van der Waals surface area contributed by atoms with E-state index in [1.165, 1.54) is 0 Å². The van der Waals surface area contributed by atoms with Gasteiger partial charge < -0.3 is 15.4 Å². The molecule has 3 nitrogen and oxygen atoms in total. The van der Waals surface area contributed by atoms with Crippen LogP contribution < -0.4 is 10.6 Å². The molecule has 72 valence electrons. The van der Waals surface area contributed by atoms with Crippen molar-refractivity contribution >= 4 is 11.6 Å². The van der Waals surface area contributed by atoms with Crippen LogP contribution in [0.2, 0.25) is 0 Å². The zero-order chi connectivity index (χ0) is 8.97. The summed E-state index contributed by atoms with van der Waals surface area (Å²) in [5.74, 6) is -0.118. The van der Waals surface area contributed by atoms with Crippen molar-refractivity contribution in [3.8, 4) is 0 Å². The Morgan fingerprint density at radius 1 is 1.46 bits per heavy atom. The molecule has 0 atom stereocenters. The first-order valence-corrected chi connectivity index (χ1v) is 3.69. The van der Waals surface area contributed by atoms with Gasteiger partial charge in [0.05, 0.1) is 0 Å². The van der Waals surface area contributed by atoms with Crippen LogP contribution in [0.5, 0.6) is 0 Å². The summed E-state index contributed by atoms with van der Waals surface area (Å²) in [4.78, 5) is 11.1. The van der Waals surface area contributed by atoms with Gasteiger partial charge in [0.2, 0.25) is 0 Å². The molecule has 1 rings (SSSR count). The summed E-state index contributed by atoms with van der Waals surface area (Å²) in [5, 5.41) is 5.48. The number of hydrogen-bond donors (Lipinski definition) is 2. The normalized spacial score (nSPS) is 8.46. The summed E-state index contributed by atoms with van der Waals surface area (Å²) in [6.45, 7) is 0. The monoisotopic (exact) mass is 406 g/mol. The van der Waals surface area contributed by atoms with Gasteiger partial charge in [0.1, 0.15) is 0 Å². The number of amides is 1. The van der Waals surface area contributed by atoms with Gasteiger partial charge in [-0.15, -0.1) is 24.3 Å². The Morgan fingerprint density at radius 3 is 2.69 bits per heavy atom. The molecule has 1 amide bonds. The summed E-state index contributed by atoms with van der Waals surface area (Å²) in [5.41, 5.74) is 1.46. The first-order valence-electron chi connectivity index (χ1n) is 3.69. The van der Waals surface area contributed by atoms with Crippen molar-refractivity contribution in [3.63, 3.8) is 0 Å². The third kappa shape index (κ3) is 2.22. The molecule has 4 heteroatoms. The van der Waals surface area contributed by atoms with Crippen molar-refractivity contribution in [2.24, 2.45) is 0 Å². The molecule has 0 aliphatic heterocycles. The molecule has 0 spiro atoms. The summed E-state index contributed by atoms with van der Waals surface area (Å²) < 4.78 is 0. The van der Waals surface area contributed by atoms with E-state index in [-0.39, 0.29) is 5.91 Å². The van der Waals surface area contributed by atoms with Crippen LogP contribution in [0.4, 0.5) is 5.69 Å². The quantitative estimate of drug-likeness (QED) is 0.712. The van der Waals surface area contributed by atoms with Gasteiger partial charge in [0, 0.05) is 7.05 Å². The number of benzene rings is 1. The zero-order valence-corrected chi connectivity index (χ0v) is 10.4. The fourth-order valence-electron chi connectivity index (χ4n) is 0.888. The van der Waals surface area contributed by atoms with Crippen LogP contribution in [-0.4, -0.2) is 20.0 Å². The number of anilines is 1. The Labute approximate surface area is 71.8 Å². The molecule has 0 aliphatic carbocycles. The predicted octanol–water partition coefficient (Wildman–Crippen LogP) is 0.888. The van der Waals surface area contributed by atoms with Crippen molar-refractivity contribution < 1.29 is 4.79 Å². The van der Waals surface area contributed by atoms with Crippen molar-refractivity contribution in [1.82, 2.24) is 5.32 Å². The molecule has 0 unspecified atom stereocenters. The van der Waals surface area contributed by atoms with Crippen LogP contribution in [-0.2, 0) is 0 Å². The second kappa shape index (κ2) is 4.38. The molecular weight excluding hydrogens is 399 g/mol. The molecule has 0 aromatic heterocycles. The maximum absolute atomic E-state index is 11.1. The third-order valence-corrected chi connectivity index (χ3v) is 1.56. The fraction of sp³-hybridized carbons (Fsp3) is 0.222. The minimum absolute atomic E-state index is 0. The number of carbonyl (C=O) groups excluding carboxylic acids is 1. The van der Waals surface area contributed by atoms with Gasteiger partial charge in [-0.3, -0.25) is 0 Å². The van der Waals surface area contributed by atoms with Gasteiger partial charge in [-0.1, -0.05) is 11.3 Å². The first-order chi connectivity index (χ1) is 5.77. The SMILES string of the molecule is CNC(=O)c1[c-]ccc(NC)c1.[Cm]. The van der Waals surface area contributed by atoms with Gasteiger partial charge >= 0.3 is 0 Å². The van der Waals surface area contributed by atoms with E-state index in [4.69, 9.17) is 0 Å². The predicted molar refractivity (Wildman–Crippen MR) is 48.2 cm³/mol. The molecule has 0 heterocycles. The van der Waals surface area contributed by atoms with Crippen LogP contribution in [0.25, 0.3) is 0 Å². The van der Waals surface area contributed by atoms with E-state index in [0.717, 1.165) is 5.69 Å². The molecule has 13 heavy (non-hydrogen) atoms. The standard InChI is InChI=1S/C9H11N2O.Cm/c1-10-8-5-3-4-7(6-8)9(12)11-2;/h3,5-6,10H,1-2H3,(H,11,12);/q-1;. The van der Waals surface area contributed by atoms with Crippen molar-refractivity contribution in [3.05, 3.63) is 29.8 Å². The average Bonchev–Trinajstić information content (AvgIpc) is 2.17. The minimum Gasteiger partial charge on any atom is -0.404 e. The second-order valence-corrected chi connectivity index (χ2v) is 2.32. The van der Waals surface area contributed by atoms with Crippen LogP contribution in [0.3, 0.4) is 0 Å². The van der Waals surface area contributed by atoms with Crippen molar-refractivity contribution in [1.29, 1.82) is 0 Å². The summed E-state index contributed by atoms with van der Waals surface area (Å²) in [6, 6.07) is 8.16. The fourth-order valence-corrected chi connectivity index (χ4v) is 0.888. The molecule has 1 aromatic carbocycles. The van der Waals surface area contributed by atoms with Crippen molar-refractivity contribution in [2.45, 2.75) is 0 Å². The Balaban J connectivity index is 0.00000144. The van der Waals surface area contributed by atoms with E-state index in [0.29, 0.717) is 5.56 Å². The summed E-state index contributed by atoms with van der Waals surface area (Å²) in [6.07, 6.45) is 0. The van der Waals surface area contributed by atoms with E-state index in [2.05, 4.69) is 16.7 Å². The molecule has 2 N–H and O–H groups in total. The van der Waals surface area contributed by atoms with E-state index in [1.807, 2.05) is 13.1 Å². The largest absolute Gasteiger partial charge is 0.404 e. The van der Waals surface area contributed by atoms with Gasteiger partial charge in [-0.25, -0.2) is 0 Å². The Morgan fingerprint density at radius 2 is 2.15 bits per heavy atom. The van der Waals surface area contributed by atoms with Gasteiger partial charge in [-0.2, -0.15) is 0 Å². The van der Waals surface area contributed by atoms with E-state index in [9.17, 15) is 4.79 Å². The van der Waals surface area contributed by atoms with Crippen LogP contribution >= 0.6 is 0 Å².